The standard InChI is InChI=1S/C6H7NO2/c8-7-9-6-4-2-1-3-5-6/h2,4-5H,1,3H2. The predicted octanol–water partition coefficient (Wildman–Crippen LogP) is 1.92. The minimum atomic E-state index is 0.552. The van der Waals surface area contributed by atoms with Gasteiger partial charge in [0.05, 0.1) is 0 Å². The summed E-state index contributed by atoms with van der Waals surface area (Å²) in [6, 6.07) is 0. The molecule has 3 nitrogen and oxygen atoms in total. The first-order valence-corrected chi connectivity index (χ1v) is 2.80. The molecule has 9 heavy (non-hydrogen) atoms. The summed E-state index contributed by atoms with van der Waals surface area (Å²) in [4.78, 5) is 13.9. The van der Waals surface area contributed by atoms with Crippen LogP contribution in [0.15, 0.2) is 29.3 Å². The van der Waals surface area contributed by atoms with Crippen LogP contribution in [-0.4, -0.2) is 0 Å². The minimum absolute atomic E-state index is 0.552. The van der Waals surface area contributed by atoms with Crippen LogP contribution < -0.4 is 0 Å². The van der Waals surface area contributed by atoms with Gasteiger partial charge in [0.2, 0.25) is 0 Å². The maximum absolute atomic E-state index is 9.53. The van der Waals surface area contributed by atoms with E-state index in [1.807, 2.05) is 12.2 Å². The summed E-state index contributed by atoms with van der Waals surface area (Å²) in [5, 5.41) is 2.29. The van der Waals surface area contributed by atoms with E-state index >= 15 is 0 Å². The van der Waals surface area contributed by atoms with Gasteiger partial charge < -0.3 is 4.84 Å². The number of nitrogens with zero attached hydrogens (tertiary/aromatic N) is 1. The van der Waals surface area contributed by atoms with E-state index in [1.165, 1.54) is 0 Å². The van der Waals surface area contributed by atoms with Gasteiger partial charge in [0, 0.05) is 0 Å². The van der Waals surface area contributed by atoms with E-state index in [4.69, 9.17) is 0 Å². The lowest BCUT2D eigenvalue weighted by molar-refractivity contribution is 0.233. The van der Waals surface area contributed by atoms with Crippen LogP contribution in [0.5, 0.6) is 0 Å². The maximum Gasteiger partial charge on any atom is 0.161 e. The zero-order valence-electron chi connectivity index (χ0n) is 4.91. The zero-order valence-corrected chi connectivity index (χ0v) is 4.91. The van der Waals surface area contributed by atoms with E-state index in [2.05, 4.69) is 10.2 Å². The highest BCUT2D eigenvalue weighted by Crippen LogP contribution is 2.10. The van der Waals surface area contributed by atoms with Crippen molar-refractivity contribution in [3.63, 3.8) is 0 Å². The molecular formula is C6H7NO2. The Labute approximate surface area is 52.9 Å². The highest BCUT2D eigenvalue weighted by molar-refractivity contribution is 5.15. The van der Waals surface area contributed by atoms with Gasteiger partial charge in [-0.15, -0.1) is 4.91 Å². The average Bonchev–Trinajstić information content (AvgIpc) is 1.91. The van der Waals surface area contributed by atoms with Crippen molar-refractivity contribution in [2.75, 3.05) is 0 Å². The largest absolute Gasteiger partial charge is 0.324 e. The quantitative estimate of drug-likeness (QED) is 0.417. The Morgan fingerprint density at radius 2 is 2.44 bits per heavy atom. The molecule has 1 aliphatic rings. The van der Waals surface area contributed by atoms with Gasteiger partial charge in [-0.1, -0.05) is 6.08 Å². The molecular weight excluding hydrogens is 118 g/mol. The lowest BCUT2D eigenvalue weighted by atomic mass is 10.2. The number of rotatable bonds is 2. The van der Waals surface area contributed by atoms with Crippen molar-refractivity contribution in [1.29, 1.82) is 0 Å². The van der Waals surface area contributed by atoms with Crippen molar-refractivity contribution >= 4 is 0 Å². The summed E-state index contributed by atoms with van der Waals surface area (Å²) in [6.45, 7) is 0. The van der Waals surface area contributed by atoms with Gasteiger partial charge in [-0.2, -0.15) is 0 Å². The van der Waals surface area contributed by atoms with E-state index in [9.17, 15) is 4.91 Å². The molecule has 3 heteroatoms. The lowest BCUT2D eigenvalue weighted by Gasteiger charge is -1.99. The van der Waals surface area contributed by atoms with Crippen LogP contribution in [-0.2, 0) is 4.84 Å². The van der Waals surface area contributed by atoms with Gasteiger partial charge in [-0.25, -0.2) is 0 Å². The van der Waals surface area contributed by atoms with Gasteiger partial charge in [-0.05, 0) is 25.0 Å². The second kappa shape index (κ2) is 3.02. The molecule has 0 spiro atoms. The first kappa shape index (κ1) is 6.01. The molecule has 0 heterocycles. The van der Waals surface area contributed by atoms with Gasteiger partial charge in [0.1, 0.15) is 0 Å². The summed E-state index contributed by atoms with van der Waals surface area (Å²) in [5.41, 5.74) is 0. The van der Waals surface area contributed by atoms with Crippen molar-refractivity contribution < 1.29 is 4.84 Å². The van der Waals surface area contributed by atoms with Crippen LogP contribution >= 0.6 is 0 Å². The number of allylic oxidation sites excluding steroid dienone is 3. The molecule has 1 aliphatic carbocycles. The minimum Gasteiger partial charge on any atom is -0.324 e. The highest BCUT2D eigenvalue weighted by Gasteiger charge is 1.96. The van der Waals surface area contributed by atoms with Gasteiger partial charge in [-0.3, -0.25) is 0 Å². The normalized spacial score (nSPS) is 16.7. The fourth-order valence-electron chi connectivity index (χ4n) is 0.700. The molecule has 0 saturated carbocycles. The Hall–Kier alpha value is -1.12. The molecule has 0 aliphatic heterocycles. The first-order chi connectivity index (χ1) is 4.43. The van der Waals surface area contributed by atoms with Crippen molar-refractivity contribution in [3.05, 3.63) is 28.9 Å². The monoisotopic (exact) mass is 125 g/mol. The van der Waals surface area contributed by atoms with Crippen LogP contribution in [0, 0.1) is 4.91 Å². The summed E-state index contributed by atoms with van der Waals surface area (Å²) >= 11 is 0. The lowest BCUT2D eigenvalue weighted by Crippen LogP contribution is -1.84. The second-order valence-corrected chi connectivity index (χ2v) is 1.75. The fraction of sp³-hybridized carbons (Fsp3) is 0.333. The predicted molar refractivity (Wildman–Crippen MR) is 33.3 cm³/mol. The third-order valence-electron chi connectivity index (χ3n) is 1.10. The molecule has 1 rings (SSSR count). The molecule has 0 amide bonds. The molecule has 0 N–H and O–H groups in total. The maximum atomic E-state index is 9.53. The smallest absolute Gasteiger partial charge is 0.161 e. The second-order valence-electron chi connectivity index (χ2n) is 1.75. The Morgan fingerprint density at radius 3 is 3.00 bits per heavy atom. The average molecular weight is 125 g/mol. The van der Waals surface area contributed by atoms with Gasteiger partial charge in [0.15, 0.2) is 11.1 Å². The van der Waals surface area contributed by atoms with Crippen LogP contribution in [0.4, 0.5) is 0 Å². The van der Waals surface area contributed by atoms with Crippen molar-refractivity contribution in [1.82, 2.24) is 0 Å². The van der Waals surface area contributed by atoms with E-state index in [-0.39, 0.29) is 0 Å². The third-order valence-corrected chi connectivity index (χ3v) is 1.10. The van der Waals surface area contributed by atoms with Crippen LogP contribution in [0.2, 0.25) is 0 Å². The third kappa shape index (κ3) is 1.68. The fourth-order valence-corrected chi connectivity index (χ4v) is 0.700. The van der Waals surface area contributed by atoms with Crippen LogP contribution in [0.3, 0.4) is 0 Å². The Kier molecular flexibility index (Phi) is 2.01. The molecule has 0 radical (unpaired) electrons. The summed E-state index contributed by atoms with van der Waals surface area (Å²) in [5.74, 6) is 0.552. The Balaban J connectivity index is 2.47. The van der Waals surface area contributed by atoms with Crippen molar-refractivity contribution in [3.8, 4) is 0 Å². The highest BCUT2D eigenvalue weighted by atomic mass is 16.7. The molecule has 0 saturated heterocycles. The van der Waals surface area contributed by atoms with Crippen molar-refractivity contribution in [2.24, 2.45) is 5.34 Å². The van der Waals surface area contributed by atoms with Gasteiger partial charge in [0.25, 0.3) is 0 Å². The summed E-state index contributed by atoms with van der Waals surface area (Å²) in [6.07, 6.45) is 7.47. The molecule has 0 aromatic heterocycles. The van der Waals surface area contributed by atoms with E-state index in [1.54, 1.807) is 6.08 Å². The van der Waals surface area contributed by atoms with E-state index in [0.29, 0.717) is 5.76 Å². The SMILES string of the molecule is O=NOC1=CCCC=C1. The summed E-state index contributed by atoms with van der Waals surface area (Å²) < 4.78 is 0. The molecule has 0 atom stereocenters. The zero-order chi connectivity index (χ0) is 6.53. The van der Waals surface area contributed by atoms with Gasteiger partial charge >= 0.3 is 0 Å². The van der Waals surface area contributed by atoms with Crippen molar-refractivity contribution in [2.45, 2.75) is 12.8 Å². The Morgan fingerprint density at radius 1 is 1.56 bits per heavy atom. The summed E-state index contributed by atoms with van der Waals surface area (Å²) in [7, 11) is 0. The number of hydrogen-bond donors (Lipinski definition) is 0. The molecule has 0 bridgehead atoms. The van der Waals surface area contributed by atoms with Crippen LogP contribution in [0.25, 0.3) is 0 Å². The molecule has 0 unspecified atom stereocenters. The van der Waals surface area contributed by atoms with E-state index < -0.39 is 0 Å². The molecule has 0 fully saturated rings. The topological polar surface area (TPSA) is 38.7 Å². The first-order valence-electron chi connectivity index (χ1n) is 2.80. The Bertz CT molecular complexity index is 160. The molecule has 48 valence electrons. The number of hydrogen-bond acceptors (Lipinski definition) is 3. The molecule has 0 aromatic rings. The molecule has 0 aromatic carbocycles. The van der Waals surface area contributed by atoms with Crippen LogP contribution in [0.1, 0.15) is 12.8 Å². The van der Waals surface area contributed by atoms with E-state index in [0.717, 1.165) is 12.8 Å².